The first-order valence-corrected chi connectivity index (χ1v) is 12.2. The Kier molecular flexibility index (Phi) is 8.36. The van der Waals surface area contributed by atoms with Crippen LogP contribution in [-0.2, 0) is 4.74 Å². The van der Waals surface area contributed by atoms with Crippen LogP contribution < -0.4 is 9.80 Å². The fourth-order valence-corrected chi connectivity index (χ4v) is 5.70. The monoisotopic (exact) mass is 460 g/mol. The molecule has 2 heterocycles. The fourth-order valence-electron chi connectivity index (χ4n) is 5.70. The van der Waals surface area contributed by atoms with Gasteiger partial charge in [-0.3, -0.25) is 4.90 Å². The van der Waals surface area contributed by atoms with Crippen LogP contribution in [0.4, 0.5) is 11.4 Å². The van der Waals surface area contributed by atoms with E-state index in [0.29, 0.717) is 17.9 Å². The lowest BCUT2D eigenvalue weighted by molar-refractivity contribution is -0.00522. The SMILES string of the molecule is CC1CN(c2ccc(N3CCN(CC#N)CC3)c(C3CCC(C)(C)CC3)c2)CC(C)O1.Cl. The molecule has 178 valence electrons. The molecule has 0 radical (unpaired) electrons. The van der Waals surface area contributed by atoms with Crippen molar-refractivity contribution in [3.63, 3.8) is 0 Å². The van der Waals surface area contributed by atoms with E-state index in [1.165, 1.54) is 37.1 Å². The van der Waals surface area contributed by atoms with Crippen LogP contribution in [0, 0.1) is 16.7 Å². The molecule has 0 spiro atoms. The Labute approximate surface area is 201 Å². The topological polar surface area (TPSA) is 42.7 Å². The molecule has 1 saturated carbocycles. The molecule has 6 heteroatoms. The van der Waals surface area contributed by atoms with Crippen molar-refractivity contribution >= 4 is 23.8 Å². The normalized spacial score (nSPS) is 27.0. The highest BCUT2D eigenvalue weighted by atomic mass is 35.5. The number of anilines is 2. The van der Waals surface area contributed by atoms with Crippen LogP contribution in [-0.4, -0.2) is 62.9 Å². The van der Waals surface area contributed by atoms with E-state index in [9.17, 15) is 0 Å². The Morgan fingerprint density at radius 3 is 2.22 bits per heavy atom. The standard InChI is InChI=1S/C26H40N4O.ClH/c1-20-18-30(19-21(2)31-20)23-5-6-25(29-15-13-28(12-11-27)14-16-29)24(17-23)22-7-9-26(3,4)10-8-22;/h5-6,17,20-22H,7-10,12-16,18-19H2,1-4H3;1H. The van der Waals surface area contributed by atoms with Crippen LogP contribution in [0.3, 0.4) is 0 Å². The zero-order chi connectivity index (χ0) is 22.0. The molecule has 1 aromatic rings. The zero-order valence-electron chi connectivity index (χ0n) is 20.3. The van der Waals surface area contributed by atoms with Crippen molar-refractivity contribution < 1.29 is 4.74 Å². The van der Waals surface area contributed by atoms with E-state index in [4.69, 9.17) is 10.00 Å². The Balaban J connectivity index is 0.00000289. The number of nitriles is 1. The van der Waals surface area contributed by atoms with Crippen molar-refractivity contribution in [2.75, 3.05) is 55.6 Å². The van der Waals surface area contributed by atoms with E-state index in [1.54, 1.807) is 5.56 Å². The predicted molar refractivity (Wildman–Crippen MR) is 135 cm³/mol. The molecule has 4 rings (SSSR count). The van der Waals surface area contributed by atoms with Crippen LogP contribution in [0.1, 0.15) is 64.9 Å². The molecule has 0 N–H and O–H groups in total. The number of halogens is 1. The minimum Gasteiger partial charge on any atom is -0.372 e. The third-order valence-electron chi connectivity index (χ3n) is 7.58. The molecule has 0 bridgehead atoms. The van der Waals surface area contributed by atoms with E-state index in [1.807, 2.05) is 0 Å². The molecular weight excluding hydrogens is 420 g/mol. The molecule has 2 aliphatic heterocycles. The van der Waals surface area contributed by atoms with E-state index in [0.717, 1.165) is 39.3 Å². The van der Waals surface area contributed by atoms with Gasteiger partial charge in [0.05, 0.1) is 24.8 Å². The fraction of sp³-hybridized carbons (Fsp3) is 0.731. The van der Waals surface area contributed by atoms with Gasteiger partial charge in [0.15, 0.2) is 0 Å². The van der Waals surface area contributed by atoms with Crippen LogP contribution in [0.15, 0.2) is 18.2 Å². The second kappa shape index (κ2) is 10.6. The zero-order valence-corrected chi connectivity index (χ0v) is 21.2. The van der Waals surface area contributed by atoms with Crippen molar-refractivity contribution in [3.05, 3.63) is 23.8 Å². The van der Waals surface area contributed by atoms with Gasteiger partial charge in [0.1, 0.15) is 0 Å². The minimum absolute atomic E-state index is 0. The summed E-state index contributed by atoms with van der Waals surface area (Å²) in [5.41, 5.74) is 4.81. The summed E-state index contributed by atoms with van der Waals surface area (Å²) in [4.78, 5) is 7.35. The number of morpholine rings is 1. The van der Waals surface area contributed by atoms with Crippen molar-refractivity contribution in [1.82, 2.24) is 4.90 Å². The maximum Gasteiger partial charge on any atom is 0.0867 e. The van der Waals surface area contributed by atoms with Crippen molar-refractivity contribution in [3.8, 4) is 6.07 Å². The molecule has 0 amide bonds. The smallest absolute Gasteiger partial charge is 0.0867 e. The highest BCUT2D eigenvalue weighted by Crippen LogP contribution is 2.45. The molecule has 5 nitrogen and oxygen atoms in total. The molecule has 2 unspecified atom stereocenters. The predicted octanol–water partition coefficient (Wildman–Crippen LogP) is 5.05. The van der Waals surface area contributed by atoms with Crippen molar-refractivity contribution in [2.24, 2.45) is 5.41 Å². The first-order chi connectivity index (χ1) is 14.8. The van der Waals surface area contributed by atoms with Gasteiger partial charge in [0.2, 0.25) is 0 Å². The summed E-state index contributed by atoms with van der Waals surface area (Å²) < 4.78 is 5.98. The highest BCUT2D eigenvalue weighted by Gasteiger charge is 2.31. The van der Waals surface area contributed by atoms with E-state index in [2.05, 4.69) is 66.7 Å². The van der Waals surface area contributed by atoms with Crippen LogP contribution in [0.25, 0.3) is 0 Å². The third-order valence-corrected chi connectivity index (χ3v) is 7.58. The molecule has 2 saturated heterocycles. The lowest BCUT2D eigenvalue weighted by Crippen LogP contribution is -2.47. The summed E-state index contributed by atoms with van der Waals surface area (Å²) in [5, 5.41) is 9.03. The van der Waals surface area contributed by atoms with Gasteiger partial charge in [-0.25, -0.2) is 0 Å². The van der Waals surface area contributed by atoms with E-state index in [-0.39, 0.29) is 24.6 Å². The average Bonchev–Trinajstić information content (AvgIpc) is 2.74. The second-order valence-electron chi connectivity index (χ2n) is 10.8. The number of rotatable bonds is 4. The second-order valence-corrected chi connectivity index (χ2v) is 10.8. The largest absolute Gasteiger partial charge is 0.372 e. The molecule has 3 aliphatic rings. The molecule has 2 atom stereocenters. The minimum atomic E-state index is 0. The first kappa shape index (κ1) is 25.1. The number of piperazine rings is 1. The lowest BCUT2D eigenvalue weighted by atomic mass is 9.71. The number of hydrogen-bond donors (Lipinski definition) is 0. The maximum atomic E-state index is 9.03. The van der Waals surface area contributed by atoms with Gasteiger partial charge in [-0.05, 0) is 74.6 Å². The van der Waals surface area contributed by atoms with Gasteiger partial charge in [-0.1, -0.05) is 13.8 Å². The summed E-state index contributed by atoms with van der Waals surface area (Å²) in [7, 11) is 0. The molecule has 1 aliphatic carbocycles. The first-order valence-electron chi connectivity index (χ1n) is 12.2. The van der Waals surface area contributed by atoms with Crippen LogP contribution in [0.5, 0.6) is 0 Å². The number of hydrogen-bond acceptors (Lipinski definition) is 5. The summed E-state index contributed by atoms with van der Waals surface area (Å²) >= 11 is 0. The Hall–Kier alpha value is -1.48. The van der Waals surface area contributed by atoms with E-state index < -0.39 is 0 Å². The summed E-state index contributed by atoms with van der Waals surface area (Å²) in [6.45, 7) is 15.7. The number of ether oxygens (including phenoxy) is 1. The highest BCUT2D eigenvalue weighted by molar-refractivity contribution is 5.85. The molecular formula is C26H41ClN4O. The van der Waals surface area contributed by atoms with Gasteiger partial charge < -0.3 is 14.5 Å². The van der Waals surface area contributed by atoms with Gasteiger partial charge in [0.25, 0.3) is 0 Å². The Morgan fingerprint density at radius 1 is 1.00 bits per heavy atom. The third kappa shape index (κ3) is 5.90. The Morgan fingerprint density at radius 2 is 1.62 bits per heavy atom. The van der Waals surface area contributed by atoms with Gasteiger partial charge in [-0.15, -0.1) is 12.4 Å². The van der Waals surface area contributed by atoms with Gasteiger partial charge in [-0.2, -0.15) is 5.26 Å². The Bertz CT molecular complexity index is 780. The molecule has 32 heavy (non-hydrogen) atoms. The maximum absolute atomic E-state index is 9.03. The number of nitrogens with zero attached hydrogens (tertiary/aromatic N) is 4. The molecule has 3 fully saturated rings. The van der Waals surface area contributed by atoms with Gasteiger partial charge in [0, 0.05) is 50.6 Å². The van der Waals surface area contributed by atoms with Crippen molar-refractivity contribution in [1.29, 1.82) is 5.26 Å². The van der Waals surface area contributed by atoms with Crippen LogP contribution in [0.2, 0.25) is 0 Å². The molecule has 0 aromatic heterocycles. The summed E-state index contributed by atoms with van der Waals surface area (Å²) in [6, 6.07) is 9.53. The van der Waals surface area contributed by atoms with Crippen LogP contribution >= 0.6 is 12.4 Å². The quantitative estimate of drug-likeness (QED) is 0.588. The summed E-state index contributed by atoms with van der Waals surface area (Å²) in [5.74, 6) is 0.649. The number of benzene rings is 1. The molecule has 1 aromatic carbocycles. The lowest BCUT2D eigenvalue weighted by Gasteiger charge is -2.41. The van der Waals surface area contributed by atoms with E-state index >= 15 is 0 Å². The summed E-state index contributed by atoms with van der Waals surface area (Å²) in [6.07, 6.45) is 5.74. The van der Waals surface area contributed by atoms with Gasteiger partial charge >= 0.3 is 0 Å². The average molecular weight is 461 g/mol. The van der Waals surface area contributed by atoms with Crippen molar-refractivity contribution in [2.45, 2.75) is 71.5 Å².